The van der Waals surface area contributed by atoms with Crippen LogP contribution in [0.2, 0.25) is 0 Å². The van der Waals surface area contributed by atoms with E-state index in [0.29, 0.717) is 24.5 Å². The zero-order chi connectivity index (χ0) is 23.4. The Hall–Kier alpha value is -3.80. The number of ether oxygens (including phenoxy) is 2. The van der Waals surface area contributed by atoms with Crippen LogP contribution in [0.5, 0.6) is 11.5 Å². The van der Waals surface area contributed by atoms with Gasteiger partial charge in [0.15, 0.2) is 0 Å². The van der Waals surface area contributed by atoms with E-state index in [9.17, 15) is 4.79 Å². The standard InChI is InChI=1S/C27H29N3O3/c1-18-12-13-19(2)25(16-18)33-15-14-30-24-11-6-5-10-23(24)29-26(30)20(3)28-27(31)21-8-7-9-22(17-21)32-4/h5-13,16-17,20H,14-15H2,1-4H3,(H,28,31). The van der Waals surface area contributed by atoms with Gasteiger partial charge in [0, 0.05) is 5.56 Å². The van der Waals surface area contributed by atoms with Gasteiger partial charge in [-0.05, 0) is 68.3 Å². The molecule has 1 N–H and O–H groups in total. The Balaban J connectivity index is 1.55. The molecule has 0 saturated heterocycles. The topological polar surface area (TPSA) is 65.4 Å². The number of aryl methyl sites for hydroxylation is 2. The molecule has 1 heterocycles. The Morgan fingerprint density at radius 3 is 2.70 bits per heavy atom. The minimum absolute atomic E-state index is 0.174. The predicted octanol–water partition coefficient (Wildman–Crippen LogP) is 5.23. The van der Waals surface area contributed by atoms with Crippen LogP contribution in [0.15, 0.2) is 66.7 Å². The third-order valence-electron chi connectivity index (χ3n) is 5.67. The van der Waals surface area contributed by atoms with Crippen molar-refractivity contribution in [3.05, 3.63) is 89.2 Å². The van der Waals surface area contributed by atoms with Gasteiger partial charge in [-0.1, -0.05) is 30.3 Å². The summed E-state index contributed by atoms with van der Waals surface area (Å²) in [5, 5.41) is 3.07. The van der Waals surface area contributed by atoms with E-state index in [-0.39, 0.29) is 11.9 Å². The first-order valence-corrected chi connectivity index (χ1v) is 11.1. The van der Waals surface area contributed by atoms with Gasteiger partial charge in [-0.25, -0.2) is 4.98 Å². The summed E-state index contributed by atoms with van der Waals surface area (Å²) in [6, 6.07) is 21.0. The molecule has 4 rings (SSSR count). The zero-order valence-corrected chi connectivity index (χ0v) is 19.5. The van der Waals surface area contributed by atoms with E-state index in [1.165, 1.54) is 5.56 Å². The summed E-state index contributed by atoms with van der Waals surface area (Å²) < 4.78 is 13.5. The van der Waals surface area contributed by atoms with Crippen LogP contribution in [0, 0.1) is 13.8 Å². The third kappa shape index (κ3) is 5.00. The fraction of sp³-hybridized carbons (Fsp3) is 0.259. The Morgan fingerprint density at radius 2 is 1.88 bits per heavy atom. The predicted molar refractivity (Wildman–Crippen MR) is 130 cm³/mol. The van der Waals surface area contributed by atoms with Gasteiger partial charge in [0.25, 0.3) is 5.91 Å². The highest BCUT2D eigenvalue weighted by Crippen LogP contribution is 2.23. The summed E-state index contributed by atoms with van der Waals surface area (Å²) in [4.78, 5) is 17.7. The lowest BCUT2D eigenvalue weighted by Gasteiger charge is -2.17. The summed E-state index contributed by atoms with van der Waals surface area (Å²) in [6.07, 6.45) is 0. The van der Waals surface area contributed by atoms with Gasteiger partial charge in [-0.3, -0.25) is 4.79 Å². The number of amides is 1. The van der Waals surface area contributed by atoms with E-state index in [0.717, 1.165) is 28.2 Å². The van der Waals surface area contributed by atoms with Crippen molar-refractivity contribution in [3.8, 4) is 11.5 Å². The molecule has 0 fully saturated rings. The van der Waals surface area contributed by atoms with Crippen molar-refractivity contribution in [1.82, 2.24) is 14.9 Å². The highest BCUT2D eigenvalue weighted by molar-refractivity contribution is 5.94. The lowest BCUT2D eigenvalue weighted by Crippen LogP contribution is -2.29. The van der Waals surface area contributed by atoms with Crippen LogP contribution in [0.25, 0.3) is 11.0 Å². The first kappa shape index (κ1) is 22.4. The van der Waals surface area contributed by atoms with Gasteiger partial charge >= 0.3 is 0 Å². The Bertz CT molecular complexity index is 1280. The van der Waals surface area contributed by atoms with Crippen LogP contribution in [0.1, 0.15) is 40.3 Å². The molecule has 0 aliphatic rings. The molecule has 1 unspecified atom stereocenters. The number of nitrogens with zero attached hydrogens (tertiary/aromatic N) is 2. The molecule has 0 bridgehead atoms. The number of carbonyl (C=O) groups is 1. The van der Waals surface area contributed by atoms with E-state index in [2.05, 4.69) is 35.0 Å². The number of nitrogens with one attached hydrogen (secondary N) is 1. The van der Waals surface area contributed by atoms with Crippen LogP contribution in [0.3, 0.4) is 0 Å². The number of rotatable bonds is 8. The number of benzene rings is 3. The second-order valence-corrected chi connectivity index (χ2v) is 8.15. The maximum atomic E-state index is 12.9. The van der Waals surface area contributed by atoms with Crippen molar-refractivity contribution in [2.75, 3.05) is 13.7 Å². The van der Waals surface area contributed by atoms with Gasteiger partial charge in [-0.15, -0.1) is 0 Å². The van der Waals surface area contributed by atoms with Gasteiger partial charge in [-0.2, -0.15) is 0 Å². The SMILES string of the molecule is COc1cccc(C(=O)NC(C)c2nc3ccccc3n2CCOc2cc(C)ccc2C)c1. The van der Waals surface area contributed by atoms with E-state index in [4.69, 9.17) is 14.5 Å². The lowest BCUT2D eigenvalue weighted by molar-refractivity contribution is 0.0937. The Labute approximate surface area is 194 Å². The summed E-state index contributed by atoms with van der Waals surface area (Å²) in [5.41, 5.74) is 4.72. The van der Waals surface area contributed by atoms with Gasteiger partial charge < -0.3 is 19.4 Å². The average molecular weight is 444 g/mol. The van der Waals surface area contributed by atoms with Gasteiger partial charge in [0.05, 0.1) is 30.7 Å². The number of methoxy groups -OCH3 is 1. The second-order valence-electron chi connectivity index (χ2n) is 8.15. The maximum Gasteiger partial charge on any atom is 0.251 e. The van der Waals surface area contributed by atoms with Crippen molar-refractivity contribution in [2.24, 2.45) is 0 Å². The van der Waals surface area contributed by atoms with E-state index < -0.39 is 0 Å². The van der Waals surface area contributed by atoms with Crippen LogP contribution in [0.4, 0.5) is 0 Å². The molecule has 1 aromatic heterocycles. The van der Waals surface area contributed by atoms with Gasteiger partial charge in [0.2, 0.25) is 0 Å². The molecule has 6 nitrogen and oxygen atoms in total. The molecule has 0 aliphatic carbocycles. The van der Waals surface area contributed by atoms with Crippen LogP contribution < -0.4 is 14.8 Å². The smallest absolute Gasteiger partial charge is 0.251 e. The Kier molecular flexibility index (Phi) is 6.63. The fourth-order valence-corrected chi connectivity index (χ4v) is 3.88. The minimum Gasteiger partial charge on any atom is -0.497 e. The third-order valence-corrected chi connectivity index (χ3v) is 5.67. The average Bonchev–Trinajstić information content (AvgIpc) is 3.20. The quantitative estimate of drug-likeness (QED) is 0.405. The molecule has 0 saturated carbocycles. The van der Waals surface area contributed by atoms with Crippen molar-refractivity contribution < 1.29 is 14.3 Å². The number of aromatic nitrogens is 2. The monoisotopic (exact) mass is 443 g/mol. The molecule has 0 spiro atoms. The molecule has 3 aromatic carbocycles. The molecule has 0 aliphatic heterocycles. The van der Waals surface area contributed by atoms with Crippen molar-refractivity contribution in [3.63, 3.8) is 0 Å². The fourth-order valence-electron chi connectivity index (χ4n) is 3.88. The molecular formula is C27H29N3O3. The normalized spacial score (nSPS) is 11.9. The summed E-state index contributed by atoms with van der Waals surface area (Å²) >= 11 is 0. The number of fused-ring (bicyclic) bond motifs is 1. The first-order valence-electron chi connectivity index (χ1n) is 11.1. The maximum absolute atomic E-state index is 12.9. The number of carbonyl (C=O) groups excluding carboxylic acids is 1. The number of hydrogen-bond acceptors (Lipinski definition) is 4. The largest absolute Gasteiger partial charge is 0.497 e. The van der Waals surface area contributed by atoms with Crippen LogP contribution >= 0.6 is 0 Å². The van der Waals surface area contributed by atoms with E-state index in [1.54, 1.807) is 25.3 Å². The summed E-state index contributed by atoms with van der Waals surface area (Å²) in [5.74, 6) is 2.15. The summed E-state index contributed by atoms with van der Waals surface area (Å²) in [7, 11) is 1.59. The second kappa shape index (κ2) is 9.77. The summed E-state index contributed by atoms with van der Waals surface area (Å²) in [6.45, 7) is 7.15. The van der Waals surface area contributed by atoms with Crippen molar-refractivity contribution >= 4 is 16.9 Å². The minimum atomic E-state index is -0.295. The molecule has 4 aromatic rings. The lowest BCUT2D eigenvalue weighted by atomic mass is 10.1. The molecular weight excluding hydrogens is 414 g/mol. The van der Waals surface area contributed by atoms with Crippen LogP contribution in [-0.2, 0) is 6.54 Å². The zero-order valence-electron chi connectivity index (χ0n) is 19.5. The van der Waals surface area contributed by atoms with Crippen LogP contribution in [-0.4, -0.2) is 29.2 Å². The molecule has 6 heteroatoms. The van der Waals surface area contributed by atoms with Crippen molar-refractivity contribution in [2.45, 2.75) is 33.4 Å². The Morgan fingerprint density at radius 1 is 1.06 bits per heavy atom. The van der Waals surface area contributed by atoms with Gasteiger partial charge in [0.1, 0.15) is 23.9 Å². The molecule has 0 radical (unpaired) electrons. The van der Waals surface area contributed by atoms with Crippen molar-refractivity contribution in [1.29, 1.82) is 0 Å². The highest BCUT2D eigenvalue weighted by Gasteiger charge is 2.19. The molecule has 33 heavy (non-hydrogen) atoms. The van der Waals surface area contributed by atoms with E-state index >= 15 is 0 Å². The molecule has 1 amide bonds. The first-order chi connectivity index (χ1) is 16.0. The molecule has 170 valence electrons. The number of para-hydroxylation sites is 2. The number of hydrogen-bond donors (Lipinski definition) is 1. The number of imidazole rings is 1. The highest BCUT2D eigenvalue weighted by atomic mass is 16.5. The molecule has 1 atom stereocenters. The van der Waals surface area contributed by atoms with E-state index in [1.807, 2.05) is 44.2 Å².